The topological polar surface area (TPSA) is 75.6 Å². The van der Waals surface area contributed by atoms with Crippen molar-refractivity contribution in [3.05, 3.63) is 179 Å². The van der Waals surface area contributed by atoms with Crippen molar-refractivity contribution in [2.24, 2.45) is 0 Å². The van der Waals surface area contributed by atoms with Crippen LogP contribution in [0.2, 0.25) is 0 Å². The molecule has 2 heterocycles. The molecule has 1 aliphatic carbocycles. The number of fused-ring (bicyclic) bond motifs is 8. The predicted molar refractivity (Wildman–Crippen MR) is 234 cm³/mol. The molecule has 59 heavy (non-hydrogen) atoms. The SMILES string of the molecule is COc1ccc(C2(c3ccc(-c4nc(-c5ccccc5)nc(-c5ccccc5)n4)cc3)C=Cc3c4c(c5cc(OC)c(OC)cc5c3O2)-c2ccccc2C4(C)C)cc1. The molecule has 7 aromatic carbocycles. The van der Waals surface area contributed by atoms with Crippen LogP contribution < -0.4 is 18.9 Å². The van der Waals surface area contributed by atoms with Crippen molar-refractivity contribution in [3.63, 3.8) is 0 Å². The first-order chi connectivity index (χ1) is 28.8. The molecule has 2 aliphatic rings. The highest BCUT2D eigenvalue weighted by Crippen LogP contribution is 2.59. The zero-order valence-electron chi connectivity index (χ0n) is 33.5. The Morgan fingerprint density at radius 3 is 1.59 bits per heavy atom. The van der Waals surface area contributed by atoms with Gasteiger partial charge in [0.2, 0.25) is 0 Å². The Hall–Kier alpha value is -7.25. The highest BCUT2D eigenvalue weighted by Gasteiger charge is 2.44. The van der Waals surface area contributed by atoms with Gasteiger partial charge in [-0.25, -0.2) is 15.0 Å². The standard InChI is InChI=1S/C52H41N3O4/c1-51(2)42-19-13-12-18-38(42)45-40-30-43(57-4)44(58-5)31-41(40)47-39(46(45)51)28-29-52(59-47,36-24-26-37(56-3)27-25-36)35-22-20-34(21-23-35)50-54-48(32-14-8-6-9-15-32)53-49(55-50)33-16-10-7-11-17-33/h6-31H,1-5H3. The van der Waals surface area contributed by atoms with E-state index in [1.165, 1.54) is 22.3 Å². The summed E-state index contributed by atoms with van der Waals surface area (Å²) in [5.41, 5.74) is 9.21. The number of methoxy groups -OCH3 is 3. The van der Waals surface area contributed by atoms with Gasteiger partial charge in [0.05, 0.1) is 21.3 Å². The van der Waals surface area contributed by atoms with Crippen LogP contribution in [0.4, 0.5) is 0 Å². The van der Waals surface area contributed by atoms with Crippen LogP contribution in [0.1, 0.15) is 41.7 Å². The summed E-state index contributed by atoms with van der Waals surface area (Å²) in [4.78, 5) is 14.9. The zero-order chi connectivity index (χ0) is 40.3. The average Bonchev–Trinajstić information content (AvgIpc) is 3.55. The summed E-state index contributed by atoms with van der Waals surface area (Å²) in [5.74, 6) is 4.64. The lowest BCUT2D eigenvalue weighted by molar-refractivity contribution is 0.163. The van der Waals surface area contributed by atoms with E-state index >= 15 is 0 Å². The maximum Gasteiger partial charge on any atom is 0.178 e. The van der Waals surface area contributed by atoms with E-state index in [0.717, 1.165) is 55.7 Å². The van der Waals surface area contributed by atoms with Gasteiger partial charge in [-0.3, -0.25) is 0 Å². The fourth-order valence-corrected chi connectivity index (χ4v) is 8.90. The monoisotopic (exact) mass is 771 g/mol. The van der Waals surface area contributed by atoms with Crippen LogP contribution >= 0.6 is 0 Å². The predicted octanol–water partition coefficient (Wildman–Crippen LogP) is 11.7. The van der Waals surface area contributed by atoms with Crippen LogP contribution in [-0.4, -0.2) is 36.3 Å². The Labute approximate surface area is 343 Å². The van der Waals surface area contributed by atoms with E-state index in [1.54, 1.807) is 21.3 Å². The summed E-state index contributed by atoms with van der Waals surface area (Å²) in [7, 11) is 5.03. The van der Waals surface area contributed by atoms with Crippen molar-refractivity contribution >= 4 is 16.8 Å². The van der Waals surface area contributed by atoms with Crippen molar-refractivity contribution in [2.75, 3.05) is 21.3 Å². The lowest BCUT2D eigenvalue weighted by Crippen LogP contribution is -2.35. The first-order valence-corrected chi connectivity index (χ1v) is 19.7. The molecule has 0 saturated heterocycles. The molecule has 1 unspecified atom stereocenters. The van der Waals surface area contributed by atoms with Gasteiger partial charge in [-0.1, -0.05) is 141 Å². The highest BCUT2D eigenvalue weighted by atomic mass is 16.5. The molecule has 0 fully saturated rings. The summed E-state index contributed by atoms with van der Waals surface area (Å²) >= 11 is 0. The van der Waals surface area contributed by atoms with Gasteiger partial charge in [0.1, 0.15) is 11.5 Å². The normalized spacial score (nSPS) is 15.8. The van der Waals surface area contributed by atoms with E-state index in [-0.39, 0.29) is 5.41 Å². The van der Waals surface area contributed by atoms with E-state index in [9.17, 15) is 0 Å². The van der Waals surface area contributed by atoms with Crippen molar-refractivity contribution in [2.45, 2.75) is 24.9 Å². The van der Waals surface area contributed by atoms with Gasteiger partial charge in [-0.05, 0) is 58.0 Å². The zero-order valence-corrected chi connectivity index (χ0v) is 33.5. The number of hydrogen-bond acceptors (Lipinski definition) is 7. The molecule has 8 aromatic rings. The van der Waals surface area contributed by atoms with Gasteiger partial charge >= 0.3 is 0 Å². The third-order valence-corrected chi connectivity index (χ3v) is 11.8. The van der Waals surface area contributed by atoms with Crippen molar-refractivity contribution < 1.29 is 18.9 Å². The van der Waals surface area contributed by atoms with Gasteiger partial charge in [-0.2, -0.15) is 0 Å². The molecule has 7 nitrogen and oxygen atoms in total. The van der Waals surface area contributed by atoms with Gasteiger partial charge in [0.25, 0.3) is 0 Å². The highest BCUT2D eigenvalue weighted by molar-refractivity contribution is 6.09. The average molecular weight is 772 g/mol. The third-order valence-electron chi connectivity index (χ3n) is 11.8. The third kappa shape index (κ3) is 5.76. The molecule has 7 heteroatoms. The smallest absolute Gasteiger partial charge is 0.178 e. The van der Waals surface area contributed by atoms with Gasteiger partial charge < -0.3 is 18.9 Å². The second-order valence-corrected chi connectivity index (χ2v) is 15.4. The van der Waals surface area contributed by atoms with Crippen molar-refractivity contribution in [3.8, 4) is 68.3 Å². The van der Waals surface area contributed by atoms with E-state index in [2.05, 4.69) is 98.8 Å². The quantitative estimate of drug-likeness (QED) is 0.152. The molecule has 0 amide bonds. The number of nitrogens with zero attached hydrogens (tertiary/aromatic N) is 3. The molecular formula is C52H41N3O4. The largest absolute Gasteiger partial charge is 0.497 e. The number of hydrogen-bond donors (Lipinski definition) is 0. The fraction of sp³-hybridized carbons (Fsp3) is 0.135. The van der Waals surface area contributed by atoms with Crippen LogP contribution in [0.15, 0.2) is 152 Å². The van der Waals surface area contributed by atoms with E-state index in [1.807, 2.05) is 72.8 Å². The molecule has 0 spiro atoms. The maximum absolute atomic E-state index is 7.60. The summed E-state index contributed by atoms with van der Waals surface area (Å²) in [6, 6.07) is 49.4. The maximum atomic E-state index is 7.60. The molecule has 1 aromatic heterocycles. The fourth-order valence-electron chi connectivity index (χ4n) is 8.90. The lowest BCUT2D eigenvalue weighted by atomic mass is 9.76. The molecule has 0 saturated carbocycles. The molecule has 1 aliphatic heterocycles. The number of aromatic nitrogens is 3. The minimum absolute atomic E-state index is 0.297. The summed E-state index contributed by atoms with van der Waals surface area (Å²) in [6.07, 6.45) is 4.45. The Kier molecular flexibility index (Phi) is 8.56. The number of rotatable bonds is 8. The summed E-state index contributed by atoms with van der Waals surface area (Å²) in [6.45, 7) is 4.60. The van der Waals surface area contributed by atoms with Crippen molar-refractivity contribution in [1.29, 1.82) is 0 Å². The van der Waals surface area contributed by atoms with Crippen molar-refractivity contribution in [1.82, 2.24) is 15.0 Å². The van der Waals surface area contributed by atoms with Gasteiger partial charge in [0.15, 0.2) is 34.6 Å². The van der Waals surface area contributed by atoms with Gasteiger partial charge in [-0.15, -0.1) is 0 Å². The second kappa shape index (κ2) is 14.0. The van der Waals surface area contributed by atoms with E-state index < -0.39 is 5.60 Å². The molecule has 10 rings (SSSR count). The second-order valence-electron chi connectivity index (χ2n) is 15.4. The first kappa shape index (κ1) is 36.1. The van der Waals surface area contributed by atoms with Gasteiger partial charge in [0, 0.05) is 44.2 Å². The molecule has 0 radical (unpaired) electrons. The Bertz CT molecular complexity index is 2870. The Morgan fingerprint density at radius 1 is 0.525 bits per heavy atom. The van der Waals surface area contributed by atoms with Crippen LogP contribution in [0.5, 0.6) is 23.0 Å². The summed E-state index contributed by atoms with van der Waals surface area (Å²) in [5, 5.41) is 1.98. The minimum Gasteiger partial charge on any atom is -0.497 e. The molecule has 1 atom stereocenters. The Morgan fingerprint density at radius 2 is 1.03 bits per heavy atom. The molecule has 0 N–H and O–H groups in total. The van der Waals surface area contributed by atoms with Crippen LogP contribution in [0.3, 0.4) is 0 Å². The van der Waals surface area contributed by atoms with Crippen LogP contribution in [0, 0.1) is 0 Å². The lowest BCUT2D eigenvalue weighted by Gasteiger charge is -2.38. The van der Waals surface area contributed by atoms with Crippen LogP contribution in [-0.2, 0) is 11.0 Å². The van der Waals surface area contributed by atoms with E-state index in [4.69, 9.17) is 33.9 Å². The molecular weight excluding hydrogens is 731 g/mol. The molecule has 0 bridgehead atoms. The Balaban J connectivity index is 1.17. The van der Waals surface area contributed by atoms with E-state index in [0.29, 0.717) is 29.0 Å². The number of benzene rings is 7. The first-order valence-electron chi connectivity index (χ1n) is 19.7. The summed E-state index contributed by atoms with van der Waals surface area (Å²) < 4.78 is 25.0. The number of ether oxygens (including phenoxy) is 4. The molecule has 288 valence electrons. The minimum atomic E-state index is -1.02. The van der Waals surface area contributed by atoms with Crippen LogP contribution in [0.25, 0.3) is 62.1 Å².